The molecule has 1 aromatic carbocycles. The van der Waals surface area contributed by atoms with Crippen LogP contribution in [-0.4, -0.2) is 68.7 Å². The lowest BCUT2D eigenvalue weighted by Crippen LogP contribution is -2.58. The number of piperidine rings is 1. The van der Waals surface area contributed by atoms with E-state index in [0.29, 0.717) is 23.7 Å². The third kappa shape index (κ3) is 6.55. The summed E-state index contributed by atoms with van der Waals surface area (Å²) in [6, 6.07) is 4.67. The number of rotatable bonds is 8. The van der Waals surface area contributed by atoms with Gasteiger partial charge in [-0.25, -0.2) is 18.6 Å². The van der Waals surface area contributed by atoms with Crippen LogP contribution in [0.3, 0.4) is 0 Å². The quantitative estimate of drug-likeness (QED) is 0.393. The molecule has 3 rings (SSSR count). The predicted octanol–water partition coefficient (Wildman–Crippen LogP) is 1.16. The van der Waals surface area contributed by atoms with E-state index in [0.717, 1.165) is 37.4 Å². The van der Waals surface area contributed by atoms with Crippen molar-refractivity contribution < 1.29 is 18.0 Å². The highest BCUT2D eigenvalue weighted by molar-refractivity contribution is 7.89. The van der Waals surface area contributed by atoms with Gasteiger partial charge in [-0.05, 0) is 62.9 Å². The number of anilines is 1. The van der Waals surface area contributed by atoms with Crippen LogP contribution in [0, 0.1) is 12.8 Å². The Kier molecular flexibility index (Phi) is 8.76. The summed E-state index contributed by atoms with van der Waals surface area (Å²) in [4.78, 5) is 24.7. The number of alkyl halides is 2. The molecule has 2 aliphatic heterocycles. The first kappa shape index (κ1) is 25.2. The van der Waals surface area contributed by atoms with Gasteiger partial charge in [0.15, 0.2) is 0 Å². The lowest BCUT2D eigenvalue weighted by molar-refractivity contribution is -0.139. The van der Waals surface area contributed by atoms with Crippen LogP contribution in [0.5, 0.6) is 0 Å². The first-order chi connectivity index (χ1) is 15.2. The normalized spacial score (nSPS) is 24.4. The zero-order valence-corrected chi connectivity index (χ0v) is 20.2. The fourth-order valence-corrected chi connectivity index (χ4v) is 5.47. The summed E-state index contributed by atoms with van der Waals surface area (Å²) in [5, 5.41) is 5.59. The standard InChI is InChI=1S/C20H29Cl2N5O4S/c1-13-4-5-15(26-18(28)12-27-20(29)19(22)16(21)11-24-27)9-17(13)32(30,31)25-8-6-14-3-2-7-23-10-14/h4-5,9,14,16,19,23-25H,2-3,6-8,10-12H2,1H3,(H,26,28). The molecule has 178 valence electrons. The monoisotopic (exact) mass is 505 g/mol. The smallest absolute Gasteiger partial charge is 0.256 e. The number of hydrogen-bond acceptors (Lipinski definition) is 6. The summed E-state index contributed by atoms with van der Waals surface area (Å²) in [6.45, 7) is 3.95. The number of sulfonamides is 1. The molecule has 3 atom stereocenters. The van der Waals surface area contributed by atoms with Gasteiger partial charge in [0.05, 0.1) is 10.3 Å². The Morgan fingerprint density at radius 2 is 2.06 bits per heavy atom. The van der Waals surface area contributed by atoms with E-state index in [2.05, 4.69) is 20.8 Å². The van der Waals surface area contributed by atoms with E-state index in [1.165, 1.54) is 6.07 Å². The van der Waals surface area contributed by atoms with Gasteiger partial charge < -0.3 is 10.6 Å². The second kappa shape index (κ2) is 11.1. The molecule has 0 bridgehead atoms. The number of nitrogens with one attached hydrogen (secondary N) is 4. The molecule has 9 nitrogen and oxygen atoms in total. The SMILES string of the molecule is Cc1ccc(NC(=O)CN2NCC(Cl)C(Cl)C2=O)cc1S(=O)(=O)NCCC1CCCNC1. The van der Waals surface area contributed by atoms with Crippen molar-refractivity contribution in [3.8, 4) is 0 Å². The van der Waals surface area contributed by atoms with Crippen LogP contribution in [-0.2, 0) is 19.6 Å². The molecule has 2 fully saturated rings. The number of carbonyl (C=O) groups excluding carboxylic acids is 2. The van der Waals surface area contributed by atoms with Crippen LogP contribution in [0.1, 0.15) is 24.8 Å². The summed E-state index contributed by atoms with van der Waals surface area (Å²) < 4.78 is 28.3. The minimum absolute atomic E-state index is 0.107. The Balaban J connectivity index is 1.59. The van der Waals surface area contributed by atoms with E-state index < -0.39 is 32.6 Å². The van der Waals surface area contributed by atoms with E-state index in [1.54, 1.807) is 19.1 Å². The van der Waals surface area contributed by atoms with Crippen molar-refractivity contribution >= 4 is 50.7 Å². The highest BCUT2D eigenvalue weighted by atomic mass is 35.5. The Hall–Kier alpha value is -1.43. The Labute approximate surface area is 198 Å². The number of hydrazine groups is 1. The first-order valence-corrected chi connectivity index (χ1v) is 13.0. The molecule has 0 radical (unpaired) electrons. The molecule has 1 aromatic rings. The first-order valence-electron chi connectivity index (χ1n) is 10.6. The molecular weight excluding hydrogens is 477 g/mol. The van der Waals surface area contributed by atoms with Gasteiger partial charge >= 0.3 is 0 Å². The molecule has 0 aromatic heterocycles. The molecule has 4 N–H and O–H groups in total. The molecule has 0 aliphatic carbocycles. The predicted molar refractivity (Wildman–Crippen MR) is 124 cm³/mol. The van der Waals surface area contributed by atoms with Crippen molar-refractivity contribution in [2.75, 3.05) is 38.0 Å². The number of hydrogen-bond donors (Lipinski definition) is 4. The molecule has 12 heteroatoms. The lowest BCUT2D eigenvalue weighted by Gasteiger charge is -2.32. The van der Waals surface area contributed by atoms with Gasteiger partial charge in [-0.3, -0.25) is 14.6 Å². The van der Waals surface area contributed by atoms with E-state index in [4.69, 9.17) is 23.2 Å². The molecule has 3 unspecified atom stereocenters. The minimum Gasteiger partial charge on any atom is -0.324 e. The largest absolute Gasteiger partial charge is 0.324 e. The molecular formula is C20H29Cl2N5O4S. The Bertz CT molecular complexity index is 940. The second-order valence-corrected chi connectivity index (χ2v) is 10.9. The zero-order chi connectivity index (χ0) is 23.3. The van der Waals surface area contributed by atoms with Gasteiger partial charge in [0, 0.05) is 18.8 Å². The highest BCUT2D eigenvalue weighted by Gasteiger charge is 2.34. The van der Waals surface area contributed by atoms with Crippen molar-refractivity contribution in [1.29, 1.82) is 0 Å². The molecule has 0 saturated carbocycles. The van der Waals surface area contributed by atoms with Crippen LogP contribution in [0.25, 0.3) is 0 Å². The van der Waals surface area contributed by atoms with Crippen molar-refractivity contribution in [2.45, 2.75) is 41.8 Å². The van der Waals surface area contributed by atoms with Crippen molar-refractivity contribution in [1.82, 2.24) is 20.5 Å². The van der Waals surface area contributed by atoms with Gasteiger partial charge in [-0.1, -0.05) is 6.07 Å². The summed E-state index contributed by atoms with van der Waals surface area (Å²) in [5.74, 6) is -0.517. The van der Waals surface area contributed by atoms with Crippen molar-refractivity contribution in [3.63, 3.8) is 0 Å². The summed E-state index contributed by atoms with van der Waals surface area (Å²) in [7, 11) is -3.73. The third-order valence-corrected chi connectivity index (χ3v) is 8.23. The molecule has 32 heavy (non-hydrogen) atoms. The molecule has 2 saturated heterocycles. The van der Waals surface area contributed by atoms with Gasteiger partial charge in [0.1, 0.15) is 11.9 Å². The average molecular weight is 506 g/mol. The fraction of sp³-hybridized carbons (Fsp3) is 0.600. The lowest BCUT2D eigenvalue weighted by atomic mass is 9.96. The summed E-state index contributed by atoms with van der Waals surface area (Å²) in [5.41, 5.74) is 3.65. The van der Waals surface area contributed by atoms with Gasteiger partial charge in [-0.2, -0.15) is 0 Å². The summed E-state index contributed by atoms with van der Waals surface area (Å²) in [6.07, 6.45) is 2.97. The number of aryl methyl sites for hydroxylation is 1. The molecule has 2 heterocycles. The van der Waals surface area contributed by atoms with Crippen molar-refractivity contribution in [2.24, 2.45) is 5.92 Å². The minimum atomic E-state index is -3.73. The fourth-order valence-electron chi connectivity index (χ4n) is 3.77. The van der Waals surface area contributed by atoms with Crippen LogP contribution in [0.2, 0.25) is 0 Å². The van der Waals surface area contributed by atoms with Crippen molar-refractivity contribution in [3.05, 3.63) is 23.8 Å². The third-order valence-electron chi connectivity index (χ3n) is 5.60. The van der Waals surface area contributed by atoms with E-state index in [1.807, 2.05) is 0 Å². The topological polar surface area (TPSA) is 120 Å². The van der Waals surface area contributed by atoms with Crippen LogP contribution < -0.4 is 20.8 Å². The second-order valence-electron chi connectivity index (χ2n) is 8.13. The summed E-state index contributed by atoms with van der Waals surface area (Å²) >= 11 is 11.9. The number of benzene rings is 1. The zero-order valence-electron chi connectivity index (χ0n) is 17.9. The maximum absolute atomic E-state index is 12.8. The van der Waals surface area contributed by atoms with E-state index in [-0.39, 0.29) is 18.0 Å². The van der Waals surface area contributed by atoms with E-state index >= 15 is 0 Å². The molecule has 2 amide bonds. The van der Waals surface area contributed by atoms with Crippen LogP contribution in [0.15, 0.2) is 23.1 Å². The molecule has 0 spiro atoms. The molecule has 2 aliphatic rings. The Morgan fingerprint density at radius 3 is 2.78 bits per heavy atom. The van der Waals surface area contributed by atoms with Crippen LogP contribution >= 0.6 is 23.2 Å². The number of carbonyl (C=O) groups is 2. The maximum atomic E-state index is 12.8. The van der Waals surface area contributed by atoms with Gasteiger partial charge in [0.25, 0.3) is 5.91 Å². The number of halogens is 2. The van der Waals surface area contributed by atoms with E-state index in [9.17, 15) is 18.0 Å². The number of amides is 2. The maximum Gasteiger partial charge on any atom is 0.256 e. The highest BCUT2D eigenvalue weighted by Crippen LogP contribution is 2.21. The average Bonchev–Trinajstić information content (AvgIpc) is 2.76. The Morgan fingerprint density at radius 1 is 1.28 bits per heavy atom. The number of nitrogens with zero attached hydrogens (tertiary/aromatic N) is 1. The van der Waals surface area contributed by atoms with Gasteiger partial charge in [0.2, 0.25) is 15.9 Å². The van der Waals surface area contributed by atoms with Crippen LogP contribution in [0.4, 0.5) is 5.69 Å². The van der Waals surface area contributed by atoms with Gasteiger partial charge in [-0.15, -0.1) is 23.2 Å².